The molecular weight excluding hydrogens is 506 g/mol. The number of pyridine rings is 2. The fraction of sp³-hybridized carbons (Fsp3) is 0. The van der Waals surface area contributed by atoms with Gasteiger partial charge in [-0.3, -0.25) is 9.97 Å². The van der Waals surface area contributed by atoms with Gasteiger partial charge in [-0.05, 0) is 82.2 Å². The van der Waals surface area contributed by atoms with Crippen molar-refractivity contribution in [2.75, 3.05) is 4.90 Å². The zero-order valence-corrected chi connectivity index (χ0v) is 21.8. The van der Waals surface area contributed by atoms with Gasteiger partial charge >= 0.3 is 0 Å². The predicted octanol–water partition coefficient (Wildman–Crippen LogP) is 10.1. The van der Waals surface area contributed by atoms with Gasteiger partial charge in [0.25, 0.3) is 0 Å². The van der Waals surface area contributed by atoms with Crippen molar-refractivity contribution in [2.24, 2.45) is 0 Å². The van der Waals surface area contributed by atoms with Gasteiger partial charge in [0.1, 0.15) is 16.6 Å². The number of anilines is 3. The average Bonchev–Trinajstić information content (AvgIpc) is 3.60. The highest BCUT2D eigenvalue weighted by atomic mass is 16.3. The van der Waals surface area contributed by atoms with E-state index in [0.717, 1.165) is 61.2 Å². The fourth-order valence-corrected chi connectivity index (χ4v) is 6.06. The predicted molar refractivity (Wildman–Crippen MR) is 166 cm³/mol. The van der Waals surface area contributed by atoms with E-state index in [4.69, 9.17) is 8.83 Å². The molecule has 0 spiro atoms. The quantitative estimate of drug-likeness (QED) is 0.214. The first-order valence-electron chi connectivity index (χ1n) is 13.6. The number of para-hydroxylation sites is 1. The standard InChI is InChI=1S/C36H21N3O2/c1-2-7-26-22(6-1)12-13-23-14-15-24(20-29(23)26)39(25-16-17-27-33(21-25)40-31-10-4-18-37-34(27)31)30-9-3-8-28-35-32(41-36(28)30)11-5-19-38-35/h1-21H. The van der Waals surface area contributed by atoms with Crippen molar-refractivity contribution in [3.8, 4) is 0 Å². The summed E-state index contributed by atoms with van der Waals surface area (Å²) in [5, 5.41) is 6.78. The summed E-state index contributed by atoms with van der Waals surface area (Å²) in [5.41, 5.74) is 7.72. The lowest BCUT2D eigenvalue weighted by Crippen LogP contribution is -2.10. The third-order valence-electron chi connectivity index (χ3n) is 7.93. The van der Waals surface area contributed by atoms with Crippen LogP contribution in [0, 0.1) is 0 Å². The topological polar surface area (TPSA) is 55.3 Å². The van der Waals surface area contributed by atoms with Crippen LogP contribution in [0.25, 0.3) is 65.7 Å². The van der Waals surface area contributed by atoms with Crippen LogP contribution in [0.2, 0.25) is 0 Å². The molecule has 192 valence electrons. The van der Waals surface area contributed by atoms with Gasteiger partial charge in [-0.15, -0.1) is 0 Å². The molecular formula is C36H21N3O2. The molecule has 41 heavy (non-hydrogen) atoms. The van der Waals surface area contributed by atoms with Crippen molar-refractivity contribution in [3.05, 3.63) is 128 Å². The molecule has 9 aromatic rings. The van der Waals surface area contributed by atoms with Gasteiger partial charge < -0.3 is 13.7 Å². The second kappa shape index (κ2) is 8.41. The Labute approximate surface area is 233 Å². The van der Waals surface area contributed by atoms with Crippen molar-refractivity contribution in [1.82, 2.24) is 9.97 Å². The molecule has 5 aromatic carbocycles. The monoisotopic (exact) mass is 527 g/mol. The molecule has 0 unspecified atom stereocenters. The van der Waals surface area contributed by atoms with Crippen molar-refractivity contribution in [1.29, 1.82) is 0 Å². The van der Waals surface area contributed by atoms with Crippen LogP contribution in [0.1, 0.15) is 0 Å². The molecule has 4 aromatic heterocycles. The van der Waals surface area contributed by atoms with E-state index < -0.39 is 0 Å². The SMILES string of the molecule is c1ccc2c(c1)ccc1ccc(N(c3ccc4c(c3)oc3cccnc34)c3cccc4c3oc3cccnc34)cc12. The minimum atomic E-state index is 0.762. The van der Waals surface area contributed by atoms with Crippen LogP contribution < -0.4 is 4.90 Å². The Balaban J connectivity index is 1.35. The molecule has 0 aliphatic rings. The minimum Gasteiger partial charge on any atom is -0.454 e. The lowest BCUT2D eigenvalue weighted by atomic mass is 10.0. The maximum absolute atomic E-state index is 6.46. The highest BCUT2D eigenvalue weighted by Crippen LogP contribution is 2.44. The Morgan fingerprint density at radius 1 is 0.463 bits per heavy atom. The summed E-state index contributed by atoms with van der Waals surface area (Å²) in [4.78, 5) is 11.4. The van der Waals surface area contributed by atoms with Gasteiger partial charge in [-0.25, -0.2) is 0 Å². The summed E-state index contributed by atoms with van der Waals surface area (Å²) in [6.07, 6.45) is 3.60. The molecule has 0 amide bonds. The Bertz CT molecular complexity index is 2450. The molecule has 0 aliphatic carbocycles. The molecule has 0 N–H and O–H groups in total. The Morgan fingerprint density at radius 3 is 2.02 bits per heavy atom. The molecule has 0 saturated carbocycles. The summed E-state index contributed by atoms with van der Waals surface area (Å²) in [6, 6.07) is 39.8. The molecule has 0 bridgehead atoms. The first-order chi connectivity index (χ1) is 20.3. The number of furan rings is 2. The third-order valence-corrected chi connectivity index (χ3v) is 7.93. The Hall–Kier alpha value is -5.68. The average molecular weight is 528 g/mol. The number of rotatable bonds is 3. The Morgan fingerprint density at radius 2 is 1.15 bits per heavy atom. The second-order valence-electron chi connectivity index (χ2n) is 10.3. The zero-order valence-electron chi connectivity index (χ0n) is 21.8. The smallest absolute Gasteiger partial charge is 0.161 e. The first kappa shape index (κ1) is 22.2. The minimum absolute atomic E-state index is 0.762. The van der Waals surface area contributed by atoms with E-state index in [1.165, 1.54) is 21.5 Å². The highest BCUT2D eigenvalue weighted by Gasteiger charge is 2.21. The van der Waals surface area contributed by atoms with Crippen molar-refractivity contribution in [3.63, 3.8) is 0 Å². The molecule has 0 atom stereocenters. The van der Waals surface area contributed by atoms with E-state index in [2.05, 4.69) is 106 Å². The summed E-state index contributed by atoms with van der Waals surface area (Å²) in [7, 11) is 0. The summed E-state index contributed by atoms with van der Waals surface area (Å²) < 4.78 is 12.7. The Kier molecular flexibility index (Phi) is 4.55. The number of hydrogen-bond donors (Lipinski definition) is 0. The number of hydrogen-bond acceptors (Lipinski definition) is 5. The maximum atomic E-state index is 6.46. The normalized spacial score (nSPS) is 11.9. The van der Waals surface area contributed by atoms with Crippen LogP contribution in [-0.2, 0) is 0 Å². The van der Waals surface area contributed by atoms with E-state index in [1.807, 2.05) is 24.3 Å². The van der Waals surface area contributed by atoms with E-state index in [9.17, 15) is 0 Å². The summed E-state index contributed by atoms with van der Waals surface area (Å²) >= 11 is 0. The number of fused-ring (bicyclic) bond motifs is 9. The lowest BCUT2D eigenvalue weighted by Gasteiger charge is -2.26. The van der Waals surface area contributed by atoms with Crippen LogP contribution in [0.4, 0.5) is 17.1 Å². The second-order valence-corrected chi connectivity index (χ2v) is 10.3. The van der Waals surface area contributed by atoms with Gasteiger partial charge in [0.15, 0.2) is 16.7 Å². The molecule has 9 rings (SSSR count). The largest absolute Gasteiger partial charge is 0.454 e. The first-order valence-corrected chi connectivity index (χ1v) is 13.6. The van der Waals surface area contributed by atoms with Gasteiger partial charge in [0.05, 0.1) is 11.4 Å². The lowest BCUT2D eigenvalue weighted by molar-refractivity contribution is 0.666. The number of benzene rings is 5. The van der Waals surface area contributed by atoms with Crippen LogP contribution in [0.5, 0.6) is 0 Å². The van der Waals surface area contributed by atoms with Crippen LogP contribution in [0.15, 0.2) is 136 Å². The number of nitrogens with zero attached hydrogens (tertiary/aromatic N) is 3. The summed E-state index contributed by atoms with van der Waals surface area (Å²) in [5.74, 6) is 0. The van der Waals surface area contributed by atoms with Gasteiger partial charge in [0, 0.05) is 34.9 Å². The fourth-order valence-electron chi connectivity index (χ4n) is 6.06. The molecule has 4 heterocycles. The van der Waals surface area contributed by atoms with Gasteiger partial charge in [-0.2, -0.15) is 0 Å². The van der Waals surface area contributed by atoms with Crippen LogP contribution in [0.3, 0.4) is 0 Å². The molecule has 5 heteroatoms. The van der Waals surface area contributed by atoms with Crippen LogP contribution >= 0.6 is 0 Å². The third kappa shape index (κ3) is 3.29. The van der Waals surface area contributed by atoms with E-state index in [-0.39, 0.29) is 0 Å². The molecule has 0 aliphatic heterocycles. The molecule has 5 nitrogen and oxygen atoms in total. The van der Waals surface area contributed by atoms with Crippen molar-refractivity contribution in [2.45, 2.75) is 0 Å². The van der Waals surface area contributed by atoms with Crippen LogP contribution in [-0.4, -0.2) is 9.97 Å². The van der Waals surface area contributed by atoms with E-state index in [1.54, 1.807) is 12.4 Å². The maximum Gasteiger partial charge on any atom is 0.161 e. The summed E-state index contributed by atoms with van der Waals surface area (Å²) in [6.45, 7) is 0. The van der Waals surface area contributed by atoms with E-state index >= 15 is 0 Å². The molecule has 0 radical (unpaired) electrons. The number of aromatic nitrogens is 2. The zero-order chi connectivity index (χ0) is 26.9. The van der Waals surface area contributed by atoms with E-state index in [0.29, 0.717) is 0 Å². The van der Waals surface area contributed by atoms with Crippen molar-refractivity contribution < 1.29 is 8.83 Å². The van der Waals surface area contributed by atoms with Crippen molar-refractivity contribution >= 4 is 82.7 Å². The molecule has 0 fully saturated rings. The van der Waals surface area contributed by atoms with Gasteiger partial charge in [0.2, 0.25) is 0 Å². The highest BCUT2D eigenvalue weighted by molar-refractivity contribution is 6.12. The van der Waals surface area contributed by atoms with Gasteiger partial charge in [-0.1, -0.05) is 48.5 Å². The molecule has 0 saturated heterocycles.